The molecule has 142 valence electrons. The van der Waals surface area contributed by atoms with Crippen molar-refractivity contribution in [2.75, 3.05) is 0 Å². The first-order valence-electron chi connectivity index (χ1n) is 8.24. The van der Waals surface area contributed by atoms with E-state index in [0.29, 0.717) is 11.1 Å². The number of aromatic nitrogens is 1. The zero-order valence-electron chi connectivity index (χ0n) is 14.7. The number of benzene rings is 2. The van der Waals surface area contributed by atoms with Gasteiger partial charge in [0.1, 0.15) is 5.82 Å². The zero-order valence-corrected chi connectivity index (χ0v) is 14.7. The maximum absolute atomic E-state index is 13.5. The van der Waals surface area contributed by atoms with Gasteiger partial charge in [-0.1, -0.05) is 35.9 Å². The molecule has 3 aromatic rings. The lowest BCUT2D eigenvalue weighted by atomic mass is 10.0. The first-order valence-corrected chi connectivity index (χ1v) is 8.24. The van der Waals surface area contributed by atoms with Gasteiger partial charge in [-0.2, -0.15) is 13.2 Å². The van der Waals surface area contributed by atoms with Crippen LogP contribution in [-0.2, 0) is 12.7 Å². The quantitative estimate of drug-likeness (QED) is 0.426. The standard InChI is InChI=1S/C21H14F4N2O/c1-13-4-3-5-15(10-13)18-11-17(21(23,24)25)19(26-2)20(28)27(18)12-14-6-8-16(22)9-7-14/h3-11H,12H2,1H3. The van der Waals surface area contributed by atoms with Gasteiger partial charge in [0.2, 0.25) is 0 Å². The third kappa shape index (κ3) is 3.81. The largest absolute Gasteiger partial charge is 0.407 e. The molecule has 0 unspecified atom stereocenters. The normalized spacial score (nSPS) is 11.3. The number of aryl methyl sites for hydroxylation is 1. The lowest BCUT2D eigenvalue weighted by Crippen LogP contribution is -2.25. The SMILES string of the molecule is [C-]#[N+]c1c(C(F)(F)F)cc(-c2cccc(C)c2)n(Cc2ccc(F)cc2)c1=O. The van der Waals surface area contributed by atoms with Crippen LogP contribution in [0.25, 0.3) is 16.1 Å². The summed E-state index contributed by atoms with van der Waals surface area (Å²) in [4.78, 5) is 15.6. The summed E-state index contributed by atoms with van der Waals surface area (Å²) in [7, 11) is 0. The summed E-state index contributed by atoms with van der Waals surface area (Å²) in [6, 6.07) is 12.8. The van der Waals surface area contributed by atoms with E-state index in [1.807, 2.05) is 0 Å². The molecule has 3 nitrogen and oxygen atoms in total. The molecule has 7 heteroatoms. The van der Waals surface area contributed by atoms with Gasteiger partial charge in [0, 0.05) is 12.2 Å². The minimum Gasteiger partial charge on any atom is -0.313 e. The summed E-state index contributed by atoms with van der Waals surface area (Å²) < 4.78 is 54.7. The highest BCUT2D eigenvalue weighted by Gasteiger charge is 2.36. The highest BCUT2D eigenvalue weighted by Crippen LogP contribution is 2.37. The van der Waals surface area contributed by atoms with Crippen LogP contribution in [0.3, 0.4) is 0 Å². The molecule has 0 aliphatic carbocycles. The average molecular weight is 386 g/mol. The van der Waals surface area contributed by atoms with Crippen molar-refractivity contribution in [2.45, 2.75) is 19.6 Å². The lowest BCUT2D eigenvalue weighted by molar-refractivity contribution is -0.136. The van der Waals surface area contributed by atoms with Crippen molar-refractivity contribution in [2.24, 2.45) is 0 Å². The van der Waals surface area contributed by atoms with Gasteiger partial charge in [0.15, 0.2) is 0 Å². The van der Waals surface area contributed by atoms with E-state index in [0.717, 1.165) is 16.2 Å². The maximum atomic E-state index is 13.5. The van der Waals surface area contributed by atoms with Crippen molar-refractivity contribution in [3.8, 4) is 11.3 Å². The third-order valence-corrected chi connectivity index (χ3v) is 4.26. The van der Waals surface area contributed by atoms with Crippen LogP contribution >= 0.6 is 0 Å². The predicted octanol–water partition coefficient (Wildman–Crippen LogP) is 5.58. The van der Waals surface area contributed by atoms with Gasteiger partial charge in [0.25, 0.3) is 11.2 Å². The molecule has 28 heavy (non-hydrogen) atoms. The summed E-state index contributed by atoms with van der Waals surface area (Å²) in [5, 5.41) is 0. The molecular weight excluding hydrogens is 372 g/mol. The Balaban J connectivity index is 2.31. The summed E-state index contributed by atoms with van der Waals surface area (Å²) in [5.41, 5.74) is -1.50. The second-order valence-corrected chi connectivity index (χ2v) is 6.29. The highest BCUT2D eigenvalue weighted by molar-refractivity contribution is 5.66. The number of pyridine rings is 1. The fraction of sp³-hybridized carbons (Fsp3) is 0.143. The van der Waals surface area contributed by atoms with Crippen molar-refractivity contribution in [3.05, 3.63) is 98.9 Å². The molecule has 0 saturated heterocycles. The summed E-state index contributed by atoms with van der Waals surface area (Å²) >= 11 is 0. The van der Waals surface area contributed by atoms with Crippen LogP contribution in [0.2, 0.25) is 0 Å². The average Bonchev–Trinajstić information content (AvgIpc) is 2.63. The molecule has 3 rings (SSSR count). The van der Waals surface area contributed by atoms with E-state index >= 15 is 0 Å². The van der Waals surface area contributed by atoms with Crippen molar-refractivity contribution in [3.63, 3.8) is 0 Å². The molecule has 0 aliphatic heterocycles. The van der Waals surface area contributed by atoms with Gasteiger partial charge in [-0.25, -0.2) is 9.24 Å². The molecule has 0 atom stereocenters. The van der Waals surface area contributed by atoms with E-state index in [-0.39, 0.29) is 12.2 Å². The van der Waals surface area contributed by atoms with Crippen LogP contribution in [0.15, 0.2) is 59.4 Å². The minimum absolute atomic E-state index is 0.0396. The van der Waals surface area contributed by atoms with Crippen molar-refractivity contribution >= 4 is 5.69 Å². The molecular formula is C21H14F4N2O. The van der Waals surface area contributed by atoms with Crippen molar-refractivity contribution < 1.29 is 17.6 Å². The Morgan fingerprint density at radius 2 is 1.75 bits per heavy atom. The van der Waals surface area contributed by atoms with E-state index in [9.17, 15) is 22.4 Å². The fourth-order valence-electron chi connectivity index (χ4n) is 2.93. The number of alkyl halides is 3. The van der Waals surface area contributed by atoms with Crippen LogP contribution in [0, 0.1) is 19.3 Å². The van der Waals surface area contributed by atoms with Gasteiger partial charge >= 0.3 is 6.18 Å². The molecule has 0 saturated carbocycles. The number of nitrogens with zero attached hydrogens (tertiary/aromatic N) is 2. The van der Waals surface area contributed by atoms with E-state index in [2.05, 4.69) is 4.85 Å². The monoisotopic (exact) mass is 386 g/mol. The molecule has 1 heterocycles. The zero-order chi connectivity index (χ0) is 20.5. The third-order valence-electron chi connectivity index (χ3n) is 4.26. The molecule has 0 aliphatic rings. The van der Waals surface area contributed by atoms with Gasteiger partial charge < -0.3 is 4.57 Å². The number of halogens is 4. The Kier molecular flexibility index (Phi) is 5.06. The smallest absolute Gasteiger partial charge is 0.313 e. The molecule has 0 spiro atoms. The summed E-state index contributed by atoms with van der Waals surface area (Å²) in [6.45, 7) is 8.77. The Morgan fingerprint density at radius 1 is 1.07 bits per heavy atom. The molecule has 0 radical (unpaired) electrons. The van der Waals surface area contributed by atoms with Gasteiger partial charge in [-0.05, 0) is 42.3 Å². The molecule has 0 amide bonds. The first-order chi connectivity index (χ1) is 13.2. The molecule has 0 bridgehead atoms. The molecule has 1 aromatic heterocycles. The maximum Gasteiger partial charge on any atom is 0.407 e. The van der Waals surface area contributed by atoms with Gasteiger partial charge in [-0.3, -0.25) is 4.79 Å². The number of hydrogen-bond acceptors (Lipinski definition) is 1. The number of rotatable bonds is 3. The van der Waals surface area contributed by atoms with Gasteiger partial charge in [0.05, 0.1) is 12.1 Å². The predicted molar refractivity (Wildman–Crippen MR) is 97.6 cm³/mol. The topological polar surface area (TPSA) is 26.4 Å². The van der Waals surface area contributed by atoms with Crippen LogP contribution < -0.4 is 5.56 Å². The van der Waals surface area contributed by atoms with E-state index in [1.165, 1.54) is 24.3 Å². The van der Waals surface area contributed by atoms with Crippen LogP contribution in [-0.4, -0.2) is 4.57 Å². The second kappa shape index (κ2) is 7.31. The first kappa shape index (κ1) is 19.4. The second-order valence-electron chi connectivity index (χ2n) is 6.29. The number of hydrogen-bond donors (Lipinski definition) is 0. The highest BCUT2D eigenvalue weighted by atomic mass is 19.4. The van der Waals surface area contributed by atoms with Crippen LogP contribution in [0.5, 0.6) is 0 Å². The van der Waals surface area contributed by atoms with Crippen LogP contribution in [0.1, 0.15) is 16.7 Å². The molecule has 2 aromatic carbocycles. The van der Waals surface area contributed by atoms with E-state index in [4.69, 9.17) is 6.57 Å². The van der Waals surface area contributed by atoms with Gasteiger partial charge in [-0.15, -0.1) is 0 Å². The Labute approximate surface area is 158 Å². The summed E-state index contributed by atoms with van der Waals surface area (Å²) in [6.07, 6.45) is -4.84. The van der Waals surface area contributed by atoms with Crippen molar-refractivity contribution in [1.29, 1.82) is 0 Å². The minimum atomic E-state index is -4.84. The molecule has 0 N–H and O–H groups in total. The van der Waals surface area contributed by atoms with Crippen LogP contribution in [0.4, 0.5) is 23.2 Å². The summed E-state index contributed by atoms with van der Waals surface area (Å²) in [5.74, 6) is -0.468. The van der Waals surface area contributed by atoms with E-state index in [1.54, 1.807) is 31.2 Å². The fourth-order valence-corrected chi connectivity index (χ4v) is 2.93. The van der Waals surface area contributed by atoms with Crippen molar-refractivity contribution in [1.82, 2.24) is 4.57 Å². The molecule has 0 fully saturated rings. The Morgan fingerprint density at radius 3 is 2.32 bits per heavy atom. The Bertz CT molecular complexity index is 1120. The Hall–Kier alpha value is -3.40. The van der Waals surface area contributed by atoms with E-state index < -0.39 is 28.8 Å². The lowest BCUT2D eigenvalue weighted by Gasteiger charge is -2.18.